The van der Waals surface area contributed by atoms with Gasteiger partial charge in [-0.3, -0.25) is 13.9 Å². The number of aryl methyl sites for hydroxylation is 2. The van der Waals surface area contributed by atoms with Crippen LogP contribution in [-0.4, -0.2) is 43.8 Å². The first-order chi connectivity index (χ1) is 20.0. The minimum Gasteiger partial charge on any atom is -0.352 e. The highest BCUT2D eigenvalue weighted by Gasteiger charge is 2.33. The molecule has 1 aliphatic carbocycles. The molecule has 0 saturated heterocycles. The molecule has 42 heavy (non-hydrogen) atoms. The van der Waals surface area contributed by atoms with E-state index < -0.39 is 28.5 Å². The zero-order valence-corrected chi connectivity index (χ0v) is 26.5. The Bertz CT molecular complexity index is 1520. The van der Waals surface area contributed by atoms with Crippen molar-refractivity contribution in [2.24, 2.45) is 0 Å². The van der Waals surface area contributed by atoms with Gasteiger partial charge in [-0.1, -0.05) is 84.4 Å². The van der Waals surface area contributed by atoms with Crippen molar-refractivity contribution >= 4 is 50.7 Å². The maximum atomic E-state index is 14.1. The number of nitrogens with one attached hydrogen (secondary N) is 1. The highest BCUT2D eigenvalue weighted by atomic mass is 35.5. The van der Waals surface area contributed by atoms with E-state index in [-0.39, 0.29) is 23.4 Å². The second-order valence-electron chi connectivity index (χ2n) is 10.9. The van der Waals surface area contributed by atoms with Gasteiger partial charge in [0.15, 0.2) is 0 Å². The highest BCUT2D eigenvalue weighted by molar-refractivity contribution is 7.92. The smallest absolute Gasteiger partial charge is 0.264 e. The zero-order valence-electron chi connectivity index (χ0n) is 24.1. The van der Waals surface area contributed by atoms with E-state index in [0.717, 1.165) is 42.0 Å². The van der Waals surface area contributed by atoms with Crippen LogP contribution in [0.5, 0.6) is 0 Å². The van der Waals surface area contributed by atoms with Gasteiger partial charge in [0.05, 0.1) is 20.6 Å². The third-order valence-corrected chi connectivity index (χ3v) is 10.2. The molecule has 0 bridgehead atoms. The standard InChI is InChI=1S/C32H37Cl2N3O4S/c1-22-13-16-27(17-14-22)42(40,41)37(30-12-8-7-9-23(30)2)21-31(38)36(20-25-15-18-28(33)29(34)19-25)24(3)32(39)35-26-10-5-4-6-11-26/h7-9,12-19,24,26H,4-6,10-11,20-21H2,1-3H3,(H,35,39). The number of carbonyl (C=O) groups excluding carboxylic acids is 2. The number of hydrogen-bond acceptors (Lipinski definition) is 4. The second kappa shape index (κ2) is 13.9. The number of amides is 2. The molecule has 10 heteroatoms. The summed E-state index contributed by atoms with van der Waals surface area (Å²) in [6, 6.07) is 17.7. The summed E-state index contributed by atoms with van der Waals surface area (Å²) in [5.41, 5.74) is 2.66. The van der Waals surface area contributed by atoms with Crippen molar-refractivity contribution < 1.29 is 18.0 Å². The van der Waals surface area contributed by atoms with Crippen LogP contribution in [0.2, 0.25) is 10.0 Å². The van der Waals surface area contributed by atoms with Crippen LogP contribution in [0.25, 0.3) is 0 Å². The monoisotopic (exact) mass is 629 g/mol. The zero-order chi connectivity index (χ0) is 30.4. The summed E-state index contributed by atoms with van der Waals surface area (Å²) in [6.45, 7) is 4.88. The molecule has 224 valence electrons. The largest absolute Gasteiger partial charge is 0.352 e. The second-order valence-corrected chi connectivity index (χ2v) is 13.6. The molecule has 4 rings (SSSR count). The van der Waals surface area contributed by atoms with Crippen LogP contribution in [0.3, 0.4) is 0 Å². The number of para-hydroxylation sites is 1. The number of rotatable bonds is 10. The van der Waals surface area contributed by atoms with Crippen molar-refractivity contribution in [2.45, 2.75) is 76.4 Å². The Kier molecular flexibility index (Phi) is 10.6. The van der Waals surface area contributed by atoms with Gasteiger partial charge in [0.1, 0.15) is 12.6 Å². The first-order valence-electron chi connectivity index (χ1n) is 14.2. The summed E-state index contributed by atoms with van der Waals surface area (Å²) in [5, 5.41) is 3.80. The van der Waals surface area contributed by atoms with E-state index in [4.69, 9.17) is 23.2 Å². The van der Waals surface area contributed by atoms with Crippen molar-refractivity contribution in [3.8, 4) is 0 Å². The van der Waals surface area contributed by atoms with E-state index in [1.54, 1.807) is 62.4 Å². The fourth-order valence-electron chi connectivity index (χ4n) is 5.18. The predicted octanol–water partition coefficient (Wildman–Crippen LogP) is 6.67. The fourth-order valence-corrected chi connectivity index (χ4v) is 6.98. The number of halogens is 2. The average molecular weight is 631 g/mol. The molecular weight excluding hydrogens is 593 g/mol. The van der Waals surface area contributed by atoms with Crippen LogP contribution < -0.4 is 9.62 Å². The van der Waals surface area contributed by atoms with E-state index >= 15 is 0 Å². The van der Waals surface area contributed by atoms with Crippen LogP contribution in [0.15, 0.2) is 71.6 Å². The lowest BCUT2D eigenvalue weighted by Gasteiger charge is -2.33. The number of benzene rings is 3. The number of sulfonamides is 1. The molecule has 0 aliphatic heterocycles. The Hall–Kier alpha value is -3.07. The van der Waals surface area contributed by atoms with Gasteiger partial charge in [-0.15, -0.1) is 0 Å². The Morgan fingerprint density at radius 2 is 1.60 bits per heavy atom. The van der Waals surface area contributed by atoms with Crippen LogP contribution >= 0.6 is 23.2 Å². The first kappa shape index (κ1) is 31.9. The van der Waals surface area contributed by atoms with Crippen LogP contribution in [0.4, 0.5) is 5.69 Å². The molecule has 1 atom stereocenters. The van der Waals surface area contributed by atoms with Gasteiger partial charge >= 0.3 is 0 Å². The minimum absolute atomic E-state index is 0.0428. The number of carbonyl (C=O) groups is 2. The molecule has 7 nitrogen and oxygen atoms in total. The third kappa shape index (κ3) is 7.65. The fraction of sp³-hybridized carbons (Fsp3) is 0.375. The molecule has 1 N–H and O–H groups in total. The van der Waals surface area contributed by atoms with Gasteiger partial charge in [0.25, 0.3) is 10.0 Å². The highest BCUT2D eigenvalue weighted by Crippen LogP contribution is 2.28. The molecule has 1 unspecified atom stereocenters. The molecule has 2 amide bonds. The summed E-state index contributed by atoms with van der Waals surface area (Å²) < 4.78 is 29.1. The normalized spacial score (nSPS) is 14.7. The Morgan fingerprint density at radius 3 is 2.24 bits per heavy atom. The molecule has 1 saturated carbocycles. The predicted molar refractivity (Wildman–Crippen MR) is 168 cm³/mol. The molecule has 3 aromatic carbocycles. The van der Waals surface area contributed by atoms with Gasteiger partial charge < -0.3 is 10.2 Å². The Morgan fingerprint density at radius 1 is 0.929 bits per heavy atom. The van der Waals surface area contributed by atoms with Gasteiger partial charge in [0, 0.05) is 12.6 Å². The molecule has 0 spiro atoms. The minimum atomic E-state index is -4.13. The SMILES string of the molecule is Cc1ccc(S(=O)(=O)N(CC(=O)N(Cc2ccc(Cl)c(Cl)c2)C(C)C(=O)NC2CCCCC2)c2ccccc2C)cc1. The van der Waals surface area contributed by atoms with E-state index in [1.165, 1.54) is 17.0 Å². The third-order valence-electron chi connectivity index (χ3n) is 7.73. The summed E-state index contributed by atoms with van der Waals surface area (Å²) in [6.07, 6.45) is 5.04. The van der Waals surface area contributed by atoms with Crippen molar-refractivity contribution in [3.63, 3.8) is 0 Å². The average Bonchev–Trinajstić information content (AvgIpc) is 2.97. The lowest BCUT2D eigenvalue weighted by Crippen LogP contribution is -2.53. The summed E-state index contributed by atoms with van der Waals surface area (Å²) >= 11 is 12.4. The molecule has 1 fully saturated rings. The van der Waals surface area contributed by atoms with Crippen molar-refractivity contribution in [3.05, 3.63) is 93.5 Å². The van der Waals surface area contributed by atoms with Crippen LogP contribution in [-0.2, 0) is 26.2 Å². The van der Waals surface area contributed by atoms with E-state index in [1.807, 2.05) is 13.0 Å². The quantitative estimate of drug-likeness (QED) is 0.271. The summed E-state index contributed by atoms with van der Waals surface area (Å²) in [5.74, 6) is -0.801. The van der Waals surface area contributed by atoms with Crippen molar-refractivity contribution in [1.82, 2.24) is 10.2 Å². The van der Waals surface area contributed by atoms with E-state index in [9.17, 15) is 18.0 Å². The van der Waals surface area contributed by atoms with E-state index in [0.29, 0.717) is 26.9 Å². The van der Waals surface area contributed by atoms with Gasteiger partial charge in [-0.05, 0) is 75.1 Å². The maximum absolute atomic E-state index is 14.1. The van der Waals surface area contributed by atoms with Crippen molar-refractivity contribution in [2.75, 3.05) is 10.8 Å². The molecule has 0 aromatic heterocycles. The van der Waals surface area contributed by atoms with Gasteiger partial charge in [-0.25, -0.2) is 8.42 Å². The van der Waals surface area contributed by atoms with Gasteiger partial charge in [-0.2, -0.15) is 0 Å². The number of nitrogens with zero attached hydrogens (tertiary/aromatic N) is 2. The maximum Gasteiger partial charge on any atom is 0.264 e. The molecule has 0 radical (unpaired) electrons. The number of hydrogen-bond donors (Lipinski definition) is 1. The molecule has 0 heterocycles. The lowest BCUT2D eigenvalue weighted by atomic mass is 9.95. The number of anilines is 1. The Balaban J connectivity index is 1.69. The topological polar surface area (TPSA) is 86.8 Å². The summed E-state index contributed by atoms with van der Waals surface area (Å²) in [4.78, 5) is 29.1. The van der Waals surface area contributed by atoms with E-state index in [2.05, 4.69) is 5.32 Å². The van der Waals surface area contributed by atoms with Crippen molar-refractivity contribution in [1.29, 1.82) is 0 Å². The lowest BCUT2D eigenvalue weighted by molar-refractivity contribution is -0.139. The van der Waals surface area contributed by atoms with Gasteiger partial charge in [0.2, 0.25) is 11.8 Å². The molecule has 1 aliphatic rings. The molecule has 3 aromatic rings. The summed E-state index contributed by atoms with van der Waals surface area (Å²) in [7, 11) is -4.13. The van der Waals surface area contributed by atoms with Crippen LogP contribution in [0.1, 0.15) is 55.7 Å². The molecular formula is C32H37Cl2N3O4S. The Labute approximate surface area is 258 Å². The first-order valence-corrected chi connectivity index (χ1v) is 16.4. The van der Waals surface area contributed by atoms with Crippen LogP contribution in [0, 0.1) is 13.8 Å².